The number of anilines is 1. The summed E-state index contributed by atoms with van der Waals surface area (Å²) in [7, 11) is 1.63. The van der Waals surface area contributed by atoms with Crippen molar-refractivity contribution in [2.75, 3.05) is 44.8 Å². The number of likely N-dealkylation sites (N-methyl/N-ethyl adjacent to an activating group) is 1. The predicted octanol–water partition coefficient (Wildman–Crippen LogP) is 4.24. The summed E-state index contributed by atoms with van der Waals surface area (Å²) in [4.78, 5) is 22.3. The van der Waals surface area contributed by atoms with Crippen LogP contribution in [-0.2, 0) is 4.79 Å². The molecule has 0 bridgehead atoms. The molecular formula is C23H28ClN3O4S. The highest BCUT2D eigenvalue weighted by atomic mass is 35.5. The summed E-state index contributed by atoms with van der Waals surface area (Å²) in [5.41, 5.74) is 0.761. The van der Waals surface area contributed by atoms with Gasteiger partial charge in [-0.05, 0) is 37.4 Å². The van der Waals surface area contributed by atoms with Crippen molar-refractivity contribution in [3.8, 4) is 17.2 Å². The molecule has 0 fully saturated rings. The second kappa shape index (κ2) is 10.8. The Morgan fingerprint density at radius 1 is 1.12 bits per heavy atom. The Bertz CT molecular complexity index is 1060. The van der Waals surface area contributed by atoms with Crippen LogP contribution in [0.25, 0.3) is 10.2 Å². The topological polar surface area (TPSA) is 64.1 Å². The predicted molar refractivity (Wildman–Crippen MR) is 130 cm³/mol. The van der Waals surface area contributed by atoms with Gasteiger partial charge >= 0.3 is 0 Å². The van der Waals surface area contributed by atoms with Crippen molar-refractivity contribution in [1.29, 1.82) is 0 Å². The molecule has 0 saturated carbocycles. The number of ether oxygens (including phenoxy) is 3. The SMILES string of the molecule is CCN(CC)CCN(C(=O)C1COc2ccccc2O1)c1nc2c(OC)cccc2s1.Cl. The molecule has 1 aliphatic rings. The molecule has 1 aromatic heterocycles. The van der Waals surface area contributed by atoms with Crippen LogP contribution in [0.1, 0.15) is 13.8 Å². The van der Waals surface area contributed by atoms with E-state index in [0.717, 1.165) is 29.9 Å². The van der Waals surface area contributed by atoms with Gasteiger partial charge in [-0.2, -0.15) is 0 Å². The maximum atomic E-state index is 13.6. The third kappa shape index (κ3) is 4.92. The van der Waals surface area contributed by atoms with E-state index in [1.54, 1.807) is 12.0 Å². The molecular weight excluding hydrogens is 450 g/mol. The molecule has 0 saturated heterocycles. The van der Waals surface area contributed by atoms with E-state index in [0.29, 0.717) is 28.9 Å². The maximum Gasteiger partial charge on any atom is 0.273 e. The number of amides is 1. The summed E-state index contributed by atoms with van der Waals surface area (Å²) < 4.78 is 18.2. The average molecular weight is 478 g/mol. The van der Waals surface area contributed by atoms with Gasteiger partial charge < -0.3 is 19.1 Å². The van der Waals surface area contributed by atoms with Gasteiger partial charge in [0.25, 0.3) is 5.91 Å². The molecule has 0 N–H and O–H groups in total. The Hall–Kier alpha value is -2.55. The Balaban J connectivity index is 0.00000289. The fraction of sp³-hybridized carbons (Fsp3) is 0.391. The van der Waals surface area contributed by atoms with Crippen LogP contribution in [0.15, 0.2) is 42.5 Å². The fourth-order valence-corrected chi connectivity index (χ4v) is 4.60. The van der Waals surface area contributed by atoms with Crippen LogP contribution in [0.3, 0.4) is 0 Å². The van der Waals surface area contributed by atoms with Crippen LogP contribution in [0, 0.1) is 0 Å². The molecule has 172 valence electrons. The van der Waals surface area contributed by atoms with Crippen LogP contribution >= 0.6 is 23.7 Å². The number of hydrogen-bond donors (Lipinski definition) is 0. The van der Waals surface area contributed by atoms with Gasteiger partial charge in [0.1, 0.15) is 17.9 Å². The van der Waals surface area contributed by atoms with Gasteiger partial charge in [0.15, 0.2) is 16.6 Å². The van der Waals surface area contributed by atoms with Gasteiger partial charge in [-0.1, -0.05) is 43.4 Å². The lowest BCUT2D eigenvalue weighted by molar-refractivity contribution is -0.127. The lowest BCUT2D eigenvalue weighted by atomic mass is 10.2. The van der Waals surface area contributed by atoms with Crippen LogP contribution in [-0.4, -0.2) is 61.8 Å². The molecule has 0 spiro atoms. The third-order valence-corrected chi connectivity index (χ3v) is 6.45. The number of halogens is 1. The van der Waals surface area contributed by atoms with E-state index < -0.39 is 6.10 Å². The number of benzene rings is 2. The zero-order chi connectivity index (χ0) is 21.8. The Morgan fingerprint density at radius 2 is 1.88 bits per heavy atom. The molecule has 1 aliphatic heterocycles. The number of carbonyl (C=O) groups is 1. The summed E-state index contributed by atoms with van der Waals surface area (Å²) in [6, 6.07) is 13.2. The van der Waals surface area contributed by atoms with Gasteiger partial charge in [0.2, 0.25) is 6.10 Å². The number of thiazole rings is 1. The van der Waals surface area contributed by atoms with E-state index in [4.69, 9.17) is 19.2 Å². The highest BCUT2D eigenvalue weighted by Crippen LogP contribution is 2.36. The first kappa shape index (κ1) is 24.1. The minimum absolute atomic E-state index is 0. The van der Waals surface area contributed by atoms with E-state index in [1.165, 1.54) is 11.3 Å². The number of methoxy groups -OCH3 is 1. The molecule has 1 atom stereocenters. The zero-order valence-electron chi connectivity index (χ0n) is 18.4. The molecule has 0 aliphatic carbocycles. The number of para-hydroxylation sites is 3. The normalized spacial score (nSPS) is 14.8. The Morgan fingerprint density at radius 3 is 2.59 bits per heavy atom. The highest BCUT2D eigenvalue weighted by molar-refractivity contribution is 7.22. The molecule has 0 radical (unpaired) electrons. The summed E-state index contributed by atoms with van der Waals surface area (Å²) in [6.45, 7) is 7.51. The van der Waals surface area contributed by atoms with Gasteiger partial charge in [0, 0.05) is 13.1 Å². The molecule has 2 aromatic carbocycles. The monoisotopic (exact) mass is 477 g/mol. The lowest BCUT2D eigenvalue weighted by Gasteiger charge is -2.30. The number of nitrogens with zero attached hydrogens (tertiary/aromatic N) is 3. The van der Waals surface area contributed by atoms with Crippen molar-refractivity contribution in [3.05, 3.63) is 42.5 Å². The minimum atomic E-state index is -0.722. The van der Waals surface area contributed by atoms with Crippen LogP contribution in [0.4, 0.5) is 5.13 Å². The first-order valence-electron chi connectivity index (χ1n) is 10.5. The standard InChI is InChI=1S/C23H27N3O4S.ClH/c1-4-25(5-2)13-14-26(23-24-21-18(28-3)11-8-12-20(21)31-23)22(27)19-15-29-16-9-6-7-10-17(16)30-19;/h6-12,19H,4-5,13-15H2,1-3H3;1H. The average Bonchev–Trinajstić information content (AvgIpc) is 3.25. The quantitative estimate of drug-likeness (QED) is 0.483. The van der Waals surface area contributed by atoms with Crippen molar-refractivity contribution in [1.82, 2.24) is 9.88 Å². The Kier molecular flexibility index (Phi) is 8.17. The smallest absolute Gasteiger partial charge is 0.273 e. The fourth-order valence-electron chi connectivity index (χ4n) is 3.59. The van der Waals surface area contributed by atoms with E-state index in [1.807, 2.05) is 42.5 Å². The van der Waals surface area contributed by atoms with Crippen LogP contribution in [0.5, 0.6) is 17.2 Å². The van der Waals surface area contributed by atoms with Crippen molar-refractivity contribution < 1.29 is 19.0 Å². The van der Waals surface area contributed by atoms with E-state index >= 15 is 0 Å². The molecule has 4 rings (SSSR count). The second-order valence-electron chi connectivity index (χ2n) is 7.18. The summed E-state index contributed by atoms with van der Waals surface area (Å²) in [5.74, 6) is 1.79. The molecule has 1 unspecified atom stereocenters. The zero-order valence-corrected chi connectivity index (χ0v) is 20.1. The number of aromatic nitrogens is 1. The van der Waals surface area contributed by atoms with Gasteiger partial charge in [-0.25, -0.2) is 4.98 Å². The lowest BCUT2D eigenvalue weighted by Crippen LogP contribution is -2.48. The van der Waals surface area contributed by atoms with Crippen molar-refractivity contribution in [2.24, 2.45) is 0 Å². The molecule has 32 heavy (non-hydrogen) atoms. The van der Waals surface area contributed by atoms with E-state index in [2.05, 4.69) is 18.7 Å². The second-order valence-corrected chi connectivity index (χ2v) is 8.19. The first-order valence-corrected chi connectivity index (χ1v) is 11.3. The highest BCUT2D eigenvalue weighted by Gasteiger charge is 2.33. The van der Waals surface area contributed by atoms with Crippen LogP contribution in [0.2, 0.25) is 0 Å². The minimum Gasteiger partial charge on any atom is -0.494 e. The molecule has 1 amide bonds. The van der Waals surface area contributed by atoms with Gasteiger partial charge in [-0.3, -0.25) is 9.69 Å². The number of hydrogen-bond acceptors (Lipinski definition) is 7. The van der Waals surface area contributed by atoms with Crippen molar-refractivity contribution >= 4 is 45.0 Å². The van der Waals surface area contributed by atoms with Crippen LogP contribution < -0.4 is 19.1 Å². The third-order valence-electron chi connectivity index (χ3n) is 5.41. The molecule has 7 nitrogen and oxygen atoms in total. The summed E-state index contributed by atoms with van der Waals surface area (Å²) in [6.07, 6.45) is -0.722. The van der Waals surface area contributed by atoms with Gasteiger partial charge in [0.05, 0.1) is 11.8 Å². The number of carbonyl (C=O) groups excluding carboxylic acids is 1. The molecule has 2 heterocycles. The van der Waals surface area contributed by atoms with Crippen molar-refractivity contribution in [2.45, 2.75) is 20.0 Å². The first-order chi connectivity index (χ1) is 15.1. The molecule has 3 aromatic rings. The van der Waals surface area contributed by atoms with Gasteiger partial charge in [-0.15, -0.1) is 12.4 Å². The Labute approximate surface area is 198 Å². The number of fused-ring (bicyclic) bond motifs is 2. The summed E-state index contributed by atoms with van der Waals surface area (Å²) >= 11 is 1.48. The number of rotatable bonds is 8. The van der Waals surface area contributed by atoms with E-state index in [-0.39, 0.29) is 24.9 Å². The summed E-state index contributed by atoms with van der Waals surface area (Å²) in [5, 5.41) is 0.638. The van der Waals surface area contributed by atoms with E-state index in [9.17, 15) is 4.79 Å². The molecule has 9 heteroatoms. The van der Waals surface area contributed by atoms with Crippen molar-refractivity contribution in [3.63, 3.8) is 0 Å². The maximum absolute atomic E-state index is 13.6. The largest absolute Gasteiger partial charge is 0.494 e.